The van der Waals surface area contributed by atoms with E-state index in [9.17, 15) is 9.59 Å². The lowest BCUT2D eigenvalue weighted by atomic mass is 9.57. The van der Waals surface area contributed by atoms with E-state index in [0.717, 1.165) is 11.8 Å². The summed E-state index contributed by atoms with van der Waals surface area (Å²) in [5, 5.41) is 3.08. The van der Waals surface area contributed by atoms with Crippen LogP contribution in [0.25, 0.3) is 0 Å². The minimum Gasteiger partial charge on any atom is -0.445 e. The third-order valence-electron chi connectivity index (χ3n) is 12.1. The number of hydrogen-bond acceptors (Lipinski definition) is 11. The van der Waals surface area contributed by atoms with Crippen LogP contribution in [0, 0.1) is 5.92 Å². The lowest BCUT2D eigenvalue weighted by molar-refractivity contribution is -0.515. The SMILES string of the molecule is CCOC1OC2C3(O[Si](C(C)C)(C(C)C)C(C)C)OC4C(O[Si](C)(C)C(C)(C)C)C2(NC(=O)OCc2ccccc2)C1C(O3)[C@]4(C=O)OCSC. The molecule has 5 fully saturated rings. The van der Waals surface area contributed by atoms with Crippen LogP contribution < -0.4 is 5.32 Å². The Bertz CT molecular complexity index is 1370. The fourth-order valence-corrected chi connectivity index (χ4v) is 15.9. The van der Waals surface area contributed by atoms with Crippen molar-refractivity contribution >= 4 is 40.8 Å². The molecule has 51 heavy (non-hydrogen) atoms. The normalized spacial score (nSPS) is 34.5. The first-order valence-electron chi connectivity index (χ1n) is 18.4. The van der Waals surface area contributed by atoms with Crippen LogP contribution in [-0.4, -0.2) is 95.6 Å². The smallest absolute Gasteiger partial charge is 0.408 e. The van der Waals surface area contributed by atoms with Gasteiger partial charge in [-0.05, 0) is 53.5 Å². The predicted octanol–water partition coefficient (Wildman–Crippen LogP) is 7.35. The third-order valence-corrected chi connectivity index (χ3v) is 23.0. The molecule has 4 aliphatic heterocycles. The summed E-state index contributed by atoms with van der Waals surface area (Å²) >= 11 is 1.44. The minimum atomic E-state index is -2.79. The lowest BCUT2D eigenvalue weighted by Crippen LogP contribution is -2.93. The van der Waals surface area contributed by atoms with E-state index in [1.807, 2.05) is 43.5 Å². The molecule has 1 amide bonds. The molecule has 11 nitrogen and oxygen atoms in total. The van der Waals surface area contributed by atoms with Gasteiger partial charge in [-0.1, -0.05) is 92.6 Å². The Labute approximate surface area is 311 Å². The second-order valence-corrected chi connectivity index (χ2v) is 27.9. The number of rotatable bonds is 16. The first-order chi connectivity index (χ1) is 23.8. The topological polar surface area (TPSA) is 120 Å². The summed E-state index contributed by atoms with van der Waals surface area (Å²) in [5.41, 5.74) is -1.68. The van der Waals surface area contributed by atoms with Gasteiger partial charge in [0.15, 0.2) is 32.6 Å². The molecule has 8 unspecified atom stereocenters. The molecule has 4 saturated heterocycles. The summed E-state index contributed by atoms with van der Waals surface area (Å²) in [5.74, 6) is -2.37. The van der Waals surface area contributed by atoms with Crippen molar-refractivity contribution in [3.63, 3.8) is 0 Å². The fourth-order valence-electron chi connectivity index (χ4n) is 8.91. The number of aldehydes is 1. The zero-order valence-corrected chi connectivity index (χ0v) is 35.6. The zero-order chi connectivity index (χ0) is 37.8. The predicted molar refractivity (Wildman–Crippen MR) is 201 cm³/mol. The van der Waals surface area contributed by atoms with Crippen molar-refractivity contribution in [2.24, 2.45) is 5.92 Å². The molecule has 14 heteroatoms. The number of hydrogen-bond donors (Lipinski definition) is 1. The largest absolute Gasteiger partial charge is 0.445 e. The number of thioether (sulfide) groups is 1. The van der Waals surface area contributed by atoms with Crippen LogP contribution in [0.3, 0.4) is 0 Å². The van der Waals surface area contributed by atoms with Gasteiger partial charge in [-0.15, -0.1) is 11.8 Å². The Kier molecular flexibility index (Phi) is 11.8. The second kappa shape index (κ2) is 14.7. The first kappa shape index (κ1) is 40.8. The number of carbonyl (C=O) groups is 2. The van der Waals surface area contributed by atoms with E-state index in [-0.39, 0.29) is 34.2 Å². The minimum absolute atomic E-state index is 0.0578. The highest BCUT2D eigenvalue weighted by Crippen LogP contribution is 2.67. The van der Waals surface area contributed by atoms with Crippen LogP contribution in [0.2, 0.25) is 34.8 Å². The van der Waals surface area contributed by atoms with Crippen LogP contribution in [-0.2, 0) is 48.7 Å². The number of nitrogens with one attached hydrogen (secondary N) is 1. The van der Waals surface area contributed by atoms with Gasteiger partial charge in [0.1, 0.15) is 30.5 Å². The molecule has 288 valence electrons. The molecule has 9 atom stereocenters. The molecule has 0 spiro atoms. The Morgan fingerprint density at radius 1 is 1.02 bits per heavy atom. The highest BCUT2D eigenvalue weighted by molar-refractivity contribution is 7.98. The van der Waals surface area contributed by atoms with Crippen LogP contribution >= 0.6 is 11.8 Å². The first-order valence-corrected chi connectivity index (χ1v) is 24.9. The number of amides is 1. The van der Waals surface area contributed by atoms with E-state index < -0.39 is 76.5 Å². The maximum absolute atomic E-state index is 14.2. The molecule has 1 aromatic rings. The third kappa shape index (κ3) is 6.50. The van der Waals surface area contributed by atoms with Gasteiger partial charge in [-0.2, -0.15) is 0 Å². The average molecular weight is 768 g/mol. The van der Waals surface area contributed by atoms with E-state index in [1.54, 1.807) is 0 Å². The Hall–Kier alpha value is -1.34. The van der Waals surface area contributed by atoms with Crippen molar-refractivity contribution in [2.45, 2.75) is 158 Å². The van der Waals surface area contributed by atoms with Gasteiger partial charge in [0.05, 0.1) is 11.9 Å². The van der Waals surface area contributed by atoms with E-state index in [1.165, 1.54) is 11.8 Å². The van der Waals surface area contributed by atoms with Crippen LogP contribution in [0.1, 0.15) is 74.8 Å². The molecule has 6 rings (SSSR count). The zero-order valence-electron chi connectivity index (χ0n) is 32.8. The van der Waals surface area contributed by atoms with Gasteiger partial charge in [0.25, 0.3) is 0 Å². The summed E-state index contributed by atoms with van der Waals surface area (Å²) < 4.78 is 54.8. The number of carbonyl (C=O) groups excluding carboxylic acids is 2. The van der Waals surface area contributed by atoms with E-state index in [4.69, 9.17) is 37.3 Å². The van der Waals surface area contributed by atoms with Crippen molar-refractivity contribution in [1.29, 1.82) is 0 Å². The van der Waals surface area contributed by atoms with Gasteiger partial charge < -0.3 is 42.6 Å². The molecule has 1 aromatic carbocycles. The van der Waals surface area contributed by atoms with Crippen LogP contribution in [0.15, 0.2) is 30.3 Å². The molecule has 5 aliphatic rings. The quantitative estimate of drug-likeness (QED) is 0.103. The summed E-state index contributed by atoms with van der Waals surface area (Å²) in [6.45, 7) is 26.1. The maximum Gasteiger partial charge on any atom is 0.408 e. The van der Waals surface area contributed by atoms with Crippen molar-refractivity contribution in [2.75, 3.05) is 18.8 Å². The number of ether oxygens (including phenoxy) is 6. The Morgan fingerprint density at radius 2 is 1.63 bits per heavy atom. The summed E-state index contributed by atoms with van der Waals surface area (Å²) in [4.78, 5) is 27.9. The van der Waals surface area contributed by atoms with E-state index in [2.05, 4.69) is 80.7 Å². The van der Waals surface area contributed by atoms with Gasteiger partial charge in [0, 0.05) is 6.61 Å². The van der Waals surface area contributed by atoms with E-state index >= 15 is 0 Å². The molecule has 0 aromatic heterocycles. The second-order valence-electron chi connectivity index (χ2n) is 16.9. The van der Waals surface area contributed by atoms with Gasteiger partial charge >= 0.3 is 12.1 Å². The maximum atomic E-state index is 14.2. The lowest BCUT2D eigenvalue weighted by Gasteiger charge is -2.71. The van der Waals surface area contributed by atoms with Crippen LogP contribution in [0.4, 0.5) is 4.79 Å². The highest BCUT2D eigenvalue weighted by Gasteiger charge is 2.89. The average Bonchev–Trinajstić information content (AvgIpc) is 3.32. The summed E-state index contributed by atoms with van der Waals surface area (Å²) in [7, 11) is -5.44. The van der Waals surface area contributed by atoms with Gasteiger partial charge in [-0.25, -0.2) is 4.79 Å². The molecule has 6 bridgehead atoms. The van der Waals surface area contributed by atoms with Crippen LogP contribution in [0.5, 0.6) is 0 Å². The fraction of sp³-hybridized carbons (Fsp3) is 0.784. The Morgan fingerprint density at radius 3 is 2.16 bits per heavy atom. The van der Waals surface area contributed by atoms with Gasteiger partial charge in [-0.3, -0.25) is 4.79 Å². The molecule has 1 aliphatic carbocycles. The standard InChI is InChI=1S/C37H61NO10SSi2/c1-14-41-31-27-28-35(21-39,43-22-49-11)29-30(47-50(12,13)34(8,9)10)36(27,38-33(40)42-20-26-18-16-15-17-19-26)32(44-31)37(45-28,46-29)48-51(23(2)3,24(4)5)25(6)7/h15-19,21,23-25,27-32H,14,20,22H2,1-13H3,(H,38,40)/t27?,28?,29?,30?,31?,32?,35-,36?,37?/m0/s1. The Balaban J connectivity index is 1.76. The molecular formula is C37H61NO10SSi2. The van der Waals surface area contributed by atoms with Crippen molar-refractivity contribution in [1.82, 2.24) is 5.32 Å². The molecule has 0 radical (unpaired) electrons. The van der Waals surface area contributed by atoms with Gasteiger partial charge in [0.2, 0.25) is 8.32 Å². The monoisotopic (exact) mass is 767 g/mol. The van der Waals surface area contributed by atoms with E-state index in [0.29, 0.717) is 6.61 Å². The highest BCUT2D eigenvalue weighted by atomic mass is 32.2. The molecule has 1 N–H and O–H groups in total. The van der Waals surface area contributed by atoms with Crippen molar-refractivity contribution < 1.29 is 46.9 Å². The number of alkyl carbamates (subject to hydrolysis) is 1. The summed E-state index contributed by atoms with van der Waals surface area (Å²) in [6, 6.07) is 9.52. The molecular weight excluding hydrogens is 707 g/mol. The summed E-state index contributed by atoms with van der Waals surface area (Å²) in [6.07, 6.45) is -2.83. The number of benzene rings is 1. The molecule has 4 heterocycles. The van der Waals surface area contributed by atoms with Crippen molar-refractivity contribution in [3.8, 4) is 0 Å². The van der Waals surface area contributed by atoms with Crippen molar-refractivity contribution in [3.05, 3.63) is 35.9 Å². The molecule has 1 saturated carbocycles.